The number of halogens is 2. The summed E-state index contributed by atoms with van der Waals surface area (Å²) >= 11 is 0. The Morgan fingerprint density at radius 3 is 2.48 bits per heavy atom. The van der Waals surface area contributed by atoms with Gasteiger partial charge in [-0.05, 0) is 24.5 Å². The smallest absolute Gasteiger partial charge is 0.338 e. The van der Waals surface area contributed by atoms with Crippen molar-refractivity contribution in [1.82, 2.24) is 0 Å². The van der Waals surface area contributed by atoms with E-state index in [9.17, 15) is 13.6 Å². The van der Waals surface area contributed by atoms with Gasteiger partial charge < -0.3 is 10.4 Å². The second-order valence-corrected chi connectivity index (χ2v) is 4.63. The average Bonchev–Trinajstić information content (AvgIpc) is 2.46. The minimum absolute atomic E-state index is 0.00172. The number of carboxylic acids is 1. The molecule has 0 saturated heterocycles. The van der Waals surface area contributed by atoms with Gasteiger partial charge in [0.15, 0.2) is 0 Å². The third-order valence-corrected chi connectivity index (χ3v) is 3.09. The minimum atomic E-state index is -1.42. The van der Waals surface area contributed by atoms with Crippen LogP contribution in [0, 0.1) is 11.6 Å². The lowest BCUT2D eigenvalue weighted by molar-refractivity contribution is 0.0692. The number of hydrogen-bond donors (Lipinski definition) is 2. The number of rotatable bonds is 6. The molecule has 0 saturated carbocycles. The zero-order chi connectivity index (χ0) is 15.2. The van der Waals surface area contributed by atoms with Gasteiger partial charge in [-0.2, -0.15) is 0 Å². The largest absolute Gasteiger partial charge is 0.478 e. The fourth-order valence-electron chi connectivity index (χ4n) is 2.01. The first kappa shape index (κ1) is 15.0. The van der Waals surface area contributed by atoms with Gasteiger partial charge in [0.1, 0.15) is 11.6 Å². The normalized spacial score (nSPS) is 10.4. The van der Waals surface area contributed by atoms with Crippen LogP contribution in [0.3, 0.4) is 0 Å². The summed E-state index contributed by atoms with van der Waals surface area (Å²) in [7, 11) is 0. The standard InChI is InChI=1S/C16H15F2NO2/c17-13-10-14(18)15(9-12(13)16(20)21)19-8-4-7-11-5-2-1-3-6-11/h1-3,5-6,9-10,19H,4,7-8H2,(H,20,21). The van der Waals surface area contributed by atoms with Crippen LogP contribution >= 0.6 is 0 Å². The van der Waals surface area contributed by atoms with E-state index in [0.29, 0.717) is 12.6 Å². The maximum atomic E-state index is 13.5. The van der Waals surface area contributed by atoms with E-state index in [1.807, 2.05) is 30.3 Å². The van der Waals surface area contributed by atoms with Crippen molar-refractivity contribution in [1.29, 1.82) is 0 Å². The monoisotopic (exact) mass is 291 g/mol. The minimum Gasteiger partial charge on any atom is -0.478 e. The summed E-state index contributed by atoms with van der Waals surface area (Å²) < 4.78 is 26.8. The van der Waals surface area contributed by atoms with Crippen molar-refractivity contribution in [3.8, 4) is 0 Å². The maximum absolute atomic E-state index is 13.5. The number of aryl methyl sites for hydroxylation is 1. The summed E-state index contributed by atoms with van der Waals surface area (Å²) in [6.45, 7) is 0.469. The fraction of sp³-hybridized carbons (Fsp3) is 0.188. The molecule has 0 radical (unpaired) electrons. The van der Waals surface area contributed by atoms with E-state index >= 15 is 0 Å². The van der Waals surface area contributed by atoms with Crippen LogP contribution in [0.15, 0.2) is 42.5 Å². The van der Waals surface area contributed by atoms with Gasteiger partial charge in [-0.3, -0.25) is 0 Å². The van der Waals surface area contributed by atoms with Crippen molar-refractivity contribution in [2.45, 2.75) is 12.8 Å². The molecule has 0 spiro atoms. The maximum Gasteiger partial charge on any atom is 0.338 e. The van der Waals surface area contributed by atoms with Crippen LogP contribution in [0.1, 0.15) is 22.3 Å². The first-order chi connectivity index (χ1) is 10.1. The quantitative estimate of drug-likeness (QED) is 0.798. The molecule has 3 nitrogen and oxygen atoms in total. The summed E-state index contributed by atoms with van der Waals surface area (Å²) in [5, 5.41) is 11.6. The van der Waals surface area contributed by atoms with Crippen LogP contribution in [-0.4, -0.2) is 17.6 Å². The highest BCUT2D eigenvalue weighted by Crippen LogP contribution is 2.19. The molecule has 2 aromatic rings. The molecule has 5 heteroatoms. The lowest BCUT2D eigenvalue weighted by Gasteiger charge is -2.09. The predicted octanol–water partition coefficient (Wildman–Crippen LogP) is 3.71. The molecule has 0 bridgehead atoms. The molecular weight excluding hydrogens is 276 g/mol. The van der Waals surface area contributed by atoms with E-state index in [1.54, 1.807) is 0 Å². The van der Waals surface area contributed by atoms with Crippen LogP contribution in [0.25, 0.3) is 0 Å². The molecule has 2 N–H and O–H groups in total. The van der Waals surface area contributed by atoms with Gasteiger partial charge in [-0.15, -0.1) is 0 Å². The number of carbonyl (C=O) groups is 1. The number of nitrogens with one attached hydrogen (secondary N) is 1. The SMILES string of the molecule is O=C(O)c1cc(NCCCc2ccccc2)c(F)cc1F. The summed E-state index contributed by atoms with van der Waals surface area (Å²) in [6.07, 6.45) is 1.58. The molecule has 0 amide bonds. The Balaban J connectivity index is 1.94. The summed E-state index contributed by atoms with van der Waals surface area (Å²) in [5.41, 5.74) is 0.633. The van der Waals surface area contributed by atoms with E-state index < -0.39 is 23.2 Å². The molecular formula is C16H15F2NO2. The van der Waals surface area contributed by atoms with E-state index in [1.165, 1.54) is 5.56 Å². The Labute approximate surface area is 121 Å². The molecule has 0 aliphatic carbocycles. The fourth-order valence-corrected chi connectivity index (χ4v) is 2.01. The highest BCUT2D eigenvalue weighted by atomic mass is 19.1. The molecule has 2 aromatic carbocycles. The van der Waals surface area contributed by atoms with Crippen molar-refractivity contribution in [2.75, 3.05) is 11.9 Å². The van der Waals surface area contributed by atoms with Crippen molar-refractivity contribution < 1.29 is 18.7 Å². The number of aromatic carboxylic acids is 1. The van der Waals surface area contributed by atoms with Crippen LogP contribution in [-0.2, 0) is 6.42 Å². The summed E-state index contributed by atoms with van der Waals surface area (Å²) in [4.78, 5) is 10.8. The van der Waals surface area contributed by atoms with E-state index in [4.69, 9.17) is 5.11 Å². The number of anilines is 1. The average molecular weight is 291 g/mol. The van der Waals surface area contributed by atoms with Gasteiger partial charge in [0, 0.05) is 12.6 Å². The van der Waals surface area contributed by atoms with Gasteiger partial charge in [-0.1, -0.05) is 30.3 Å². The molecule has 0 aromatic heterocycles. The van der Waals surface area contributed by atoms with Gasteiger partial charge in [-0.25, -0.2) is 13.6 Å². The van der Waals surface area contributed by atoms with Crippen molar-refractivity contribution in [2.24, 2.45) is 0 Å². The molecule has 2 rings (SSSR count). The lowest BCUT2D eigenvalue weighted by Crippen LogP contribution is -2.08. The van der Waals surface area contributed by atoms with Gasteiger partial charge in [0.05, 0.1) is 11.3 Å². The third-order valence-electron chi connectivity index (χ3n) is 3.09. The van der Waals surface area contributed by atoms with Crippen molar-refractivity contribution in [3.63, 3.8) is 0 Å². The number of benzene rings is 2. The van der Waals surface area contributed by atoms with Gasteiger partial charge in [0.2, 0.25) is 0 Å². The van der Waals surface area contributed by atoms with Crippen LogP contribution in [0.5, 0.6) is 0 Å². The Morgan fingerprint density at radius 2 is 1.81 bits per heavy atom. The number of carboxylic acid groups (broad SMARTS) is 1. The lowest BCUT2D eigenvalue weighted by atomic mass is 10.1. The Kier molecular flexibility index (Phi) is 4.87. The third kappa shape index (κ3) is 4.02. The second-order valence-electron chi connectivity index (χ2n) is 4.63. The van der Waals surface area contributed by atoms with Gasteiger partial charge in [0.25, 0.3) is 0 Å². The molecule has 110 valence electrons. The van der Waals surface area contributed by atoms with Crippen LogP contribution in [0.2, 0.25) is 0 Å². The molecule has 0 heterocycles. The summed E-state index contributed by atoms with van der Waals surface area (Å²) in [6, 6.07) is 11.4. The van der Waals surface area contributed by atoms with E-state index in [2.05, 4.69) is 5.32 Å². The zero-order valence-corrected chi connectivity index (χ0v) is 11.3. The first-order valence-corrected chi connectivity index (χ1v) is 6.58. The Morgan fingerprint density at radius 1 is 1.10 bits per heavy atom. The molecule has 0 atom stereocenters. The molecule has 0 aliphatic heterocycles. The van der Waals surface area contributed by atoms with Crippen molar-refractivity contribution >= 4 is 11.7 Å². The first-order valence-electron chi connectivity index (χ1n) is 6.58. The van der Waals surface area contributed by atoms with Crippen molar-refractivity contribution in [3.05, 3.63) is 65.2 Å². The molecule has 0 unspecified atom stereocenters. The molecule has 21 heavy (non-hydrogen) atoms. The van der Waals surface area contributed by atoms with E-state index in [0.717, 1.165) is 18.9 Å². The topological polar surface area (TPSA) is 49.3 Å². The molecule has 0 fully saturated rings. The van der Waals surface area contributed by atoms with Crippen LogP contribution in [0.4, 0.5) is 14.5 Å². The van der Waals surface area contributed by atoms with Crippen LogP contribution < -0.4 is 5.32 Å². The highest BCUT2D eigenvalue weighted by molar-refractivity contribution is 5.89. The summed E-state index contributed by atoms with van der Waals surface area (Å²) in [5.74, 6) is -3.29. The Hall–Kier alpha value is -2.43. The Bertz CT molecular complexity index is 630. The predicted molar refractivity (Wildman–Crippen MR) is 76.6 cm³/mol. The number of hydrogen-bond acceptors (Lipinski definition) is 2. The zero-order valence-electron chi connectivity index (χ0n) is 11.3. The highest BCUT2D eigenvalue weighted by Gasteiger charge is 2.14. The van der Waals surface area contributed by atoms with Gasteiger partial charge >= 0.3 is 5.97 Å². The molecule has 0 aliphatic rings. The second kappa shape index (κ2) is 6.83. The van der Waals surface area contributed by atoms with E-state index in [-0.39, 0.29) is 5.69 Å².